The Bertz CT molecular complexity index is 239. The molecule has 0 radical (unpaired) electrons. The predicted molar refractivity (Wildman–Crippen MR) is 71.1 cm³/mol. The van der Waals surface area contributed by atoms with Gasteiger partial charge in [0.15, 0.2) is 0 Å². The van der Waals surface area contributed by atoms with Crippen LogP contribution in [0.3, 0.4) is 0 Å². The molecule has 1 saturated heterocycles. The minimum atomic E-state index is -0.721. The van der Waals surface area contributed by atoms with Gasteiger partial charge in [-0.25, -0.2) is 0 Å². The van der Waals surface area contributed by atoms with Crippen LogP contribution in [0.4, 0.5) is 0 Å². The van der Waals surface area contributed by atoms with E-state index in [1.165, 1.54) is 0 Å². The average Bonchev–Trinajstić information content (AvgIpc) is 2.28. The van der Waals surface area contributed by atoms with Crippen LogP contribution in [0.15, 0.2) is 0 Å². The van der Waals surface area contributed by atoms with Gasteiger partial charge in [-0.05, 0) is 32.1 Å². The quantitative estimate of drug-likeness (QED) is 0.801. The van der Waals surface area contributed by atoms with E-state index in [0.29, 0.717) is 5.92 Å². The van der Waals surface area contributed by atoms with E-state index in [0.717, 1.165) is 38.8 Å². The second-order valence-corrected chi connectivity index (χ2v) is 5.09. The highest BCUT2D eigenvalue weighted by atomic mass is 35.5. The Morgan fingerprint density at radius 3 is 2.41 bits per heavy atom. The van der Waals surface area contributed by atoms with Crippen LogP contribution in [-0.4, -0.2) is 41.1 Å². The lowest BCUT2D eigenvalue weighted by molar-refractivity contribution is -0.138. The van der Waals surface area contributed by atoms with E-state index in [4.69, 9.17) is 10.8 Å². The molecular weight excluding hydrogens is 240 g/mol. The summed E-state index contributed by atoms with van der Waals surface area (Å²) >= 11 is 0. The maximum Gasteiger partial charge on any atom is 0.242 e. The van der Waals surface area contributed by atoms with Crippen LogP contribution in [0.5, 0.6) is 0 Å². The number of nitrogens with zero attached hydrogens (tertiary/aromatic N) is 1. The molecule has 0 aromatic rings. The number of piperidine rings is 1. The molecule has 0 aliphatic carbocycles. The summed E-state index contributed by atoms with van der Waals surface area (Å²) in [4.78, 5) is 14.0. The van der Waals surface area contributed by atoms with Crippen molar-refractivity contribution in [3.8, 4) is 0 Å². The second-order valence-electron chi connectivity index (χ2n) is 5.09. The van der Waals surface area contributed by atoms with Crippen molar-refractivity contribution in [1.82, 2.24) is 4.90 Å². The van der Waals surface area contributed by atoms with E-state index < -0.39 is 5.54 Å². The third-order valence-electron chi connectivity index (χ3n) is 3.42. The molecule has 0 bridgehead atoms. The van der Waals surface area contributed by atoms with Crippen LogP contribution in [0.25, 0.3) is 0 Å². The molecule has 1 fully saturated rings. The third kappa shape index (κ3) is 4.45. The van der Waals surface area contributed by atoms with Crippen molar-refractivity contribution in [2.75, 3.05) is 19.7 Å². The molecule has 4 nitrogen and oxygen atoms in total. The third-order valence-corrected chi connectivity index (χ3v) is 3.42. The maximum atomic E-state index is 12.1. The van der Waals surface area contributed by atoms with Gasteiger partial charge in [-0.3, -0.25) is 4.79 Å². The maximum absolute atomic E-state index is 12.1. The summed E-state index contributed by atoms with van der Waals surface area (Å²) in [6.45, 7) is 5.56. The first-order chi connectivity index (χ1) is 7.51. The van der Waals surface area contributed by atoms with Crippen molar-refractivity contribution in [3.63, 3.8) is 0 Å². The van der Waals surface area contributed by atoms with Crippen LogP contribution >= 0.6 is 12.4 Å². The summed E-state index contributed by atoms with van der Waals surface area (Å²) in [5, 5.41) is 9.03. The smallest absolute Gasteiger partial charge is 0.242 e. The zero-order valence-electron chi connectivity index (χ0n) is 10.8. The van der Waals surface area contributed by atoms with Gasteiger partial charge in [0.25, 0.3) is 0 Å². The number of hydrogen-bond acceptors (Lipinski definition) is 3. The number of carbonyl (C=O) groups excluding carboxylic acids is 1. The minimum absolute atomic E-state index is 0. The van der Waals surface area contributed by atoms with Gasteiger partial charge in [-0.2, -0.15) is 0 Å². The lowest BCUT2D eigenvalue weighted by Crippen LogP contribution is -2.55. The highest BCUT2D eigenvalue weighted by Gasteiger charge is 2.33. The molecule has 1 heterocycles. The molecular formula is C12H25ClN2O2. The van der Waals surface area contributed by atoms with Gasteiger partial charge >= 0.3 is 0 Å². The first-order valence-electron chi connectivity index (χ1n) is 6.20. The number of hydrogen-bond donors (Lipinski definition) is 2. The standard InChI is InChI=1S/C12H24N2O2.ClH/c1-3-6-12(2,13)11(16)14-7-4-10(9-15)5-8-14;/h10,15H,3-9,13H2,1-2H3;1H. The van der Waals surface area contributed by atoms with Crippen LogP contribution in [0.2, 0.25) is 0 Å². The normalized spacial score (nSPS) is 20.6. The van der Waals surface area contributed by atoms with E-state index >= 15 is 0 Å². The highest BCUT2D eigenvalue weighted by Crippen LogP contribution is 2.20. The summed E-state index contributed by atoms with van der Waals surface area (Å²) in [6.07, 6.45) is 3.44. The van der Waals surface area contributed by atoms with Crippen molar-refractivity contribution in [3.05, 3.63) is 0 Å². The highest BCUT2D eigenvalue weighted by molar-refractivity contribution is 5.86. The van der Waals surface area contributed by atoms with Gasteiger partial charge in [-0.1, -0.05) is 13.3 Å². The number of carbonyl (C=O) groups is 1. The Hall–Kier alpha value is -0.320. The van der Waals surface area contributed by atoms with Gasteiger partial charge < -0.3 is 15.7 Å². The number of aliphatic hydroxyl groups excluding tert-OH is 1. The van der Waals surface area contributed by atoms with Crippen LogP contribution in [0, 0.1) is 5.92 Å². The molecule has 0 saturated carbocycles. The zero-order chi connectivity index (χ0) is 12.2. The molecule has 1 atom stereocenters. The fourth-order valence-electron chi connectivity index (χ4n) is 2.31. The lowest BCUT2D eigenvalue weighted by Gasteiger charge is -2.36. The second kappa shape index (κ2) is 7.19. The van der Waals surface area contributed by atoms with Crippen molar-refractivity contribution < 1.29 is 9.90 Å². The lowest BCUT2D eigenvalue weighted by atomic mass is 9.92. The minimum Gasteiger partial charge on any atom is -0.396 e. The molecule has 1 aliphatic heterocycles. The largest absolute Gasteiger partial charge is 0.396 e. The number of rotatable bonds is 4. The summed E-state index contributed by atoms with van der Waals surface area (Å²) in [7, 11) is 0. The Labute approximate surface area is 110 Å². The van der Waals surface area contributed by atoms with Crippen molar-refractivity contribution in [2.24, 2.45) is 11.7 Å². The SMILES string of the molecule is CCCC(C)(N)C(=O)N1CCC(CO)CC1.Cl. The number of likely N-dealkylation sites (tertiary alicyclic amines) is 1. The summed E-state index contributed by atoms with van der Waals surface area (Å²) < 4.78 is 0. The summed E-state index contributed by atoms with van der Waals surface area (Å²) in [5.41, 5.74) is 5.31. The number of halogens is 1. The van der Waals surface area contributed by atoms with Crippen molar-refractivity contribution in [1.29, 1.82) is 0 Å². The van der Waals surface area contributed by atoms with E-state index in [-0.39, 0.29) is 24.9 Å². The summed E-state index contributed by atoms with van der Waals surface area (Å²) in [5.74, 6) is 0.421. The first-order valence-corrected chi connectivity index (χ1v) is 6.20. The Kier molecular flexibility index (Phi) is 7.05. The molecule has 5 heteroatoms. The van der Waals surface area contributed by atoms with E-state index in [2.05, 4.69) is 0 Å². The van der Waals surface area contributed by atoms with Gasteiger partial charge in [0.05, 0.1) is 5.54 Å². The topological polar surface area (TPSA) is 66.6 Å². The molecule has 1 amide bonds. The Morgan fingerprint density at radius 1 is 1.47 bits per heavy atom. The average molecular weight is 265 g/mol. The molecule has 17 heavy (non-hydrogen) atoms. The molecule has 0 spiro atoms. The van der Waals surface area contributed by atoms with E-state index in [9.17, 15) is 4.79 Å². The first kappa shape index (κ1) is 16.7. The zero-order valence-corrected chi connectivity index (χ0v) is 11.6. The molecule has 1 unspecified atom stereocenters. The Morgan fingerprint density at radius 2 is 2.00 bits per heavy atom. The van der Waals surface area contributed by atoms with E-state index in [1.807, 2.05) is 18.7 Å². The van der Waals surface area contributed by atoms with Crippen LogP contribution in [-0.2, 0) is 4.79 Å². The number of amides is 1. The van der Waals surface area contributed by atoms with Crippen molar-refractivity contribution >= 4 is 18.3 Å². The monoisotopic (exact) mass is 264 g/mol. The van der Waals surface area contributed by atoms with E-state index in [1.54, 1.807) is 0 Å². The molecule has 0 aromatic heterocycles. The van der Waals surface area contributed by atoms with Gasteiger partial charge in [0, 0.05) is 19.7 Å². The molecule has 102 valence electrons. The molecule has 0 aromatic carbocycles. The molecule has 3 N–H and O–H groups in total. The fourth-order valence-corrected chi connectivity index (χ4v) is 2.31. The molecule has 1 aliphatic rings. The van der Waals surface area contributed by atoms with Crippen LogP contribution in [0.1, 0.15) is 39.5 Å². The molecule has 1 rings (SSSR count). The van der Waals surface area contributed by atoms with Crippen LogP contribution < -0.4 is 5.73 Å². The Balaban J connectivity index is 0.00000256. The van der Waals surface area contributed by atoms with Gasteiger partial charge in [0.2, 0.25) is 5.91 Å². The van der Waals surface area contributed by atoms with Gasteiger partial charge in [0.1, 0.15) is 0 Å². The number of aliphatic hydroxyl groups is 1. The van der Waals surface area contributed by atoms with Gasteiger partial charge in [-0.15, -0.1) is 12.4 Å². The van der Waals surface area contributed by atoms with Crippen molar-refractivity contribution in [2.45, 2.75) is 45.1 Å². The fraction of sp³-hybridized carbons (Fsp3) is 0.917. The predicted octanol–water partition coefficient (Wildman–Crippen LogP) is 1.16. The summed E-state index contributed by atoms with van der Waals surface area (Å²) in [6, 6.07) is 0. The number of nitrogens with two attached hydrogens (primary N) is 1.